The van der Waals surface area contributed by atoms with Crippen molar-refractivity contribution in [2.45, 2.75) is 0 Å². The molecule has 30 heavy (non-hydrogen) atoms. The van der Waals surface area contributed by atoms with Gasteiger partial charge in [-0.25, -0.2) is 0 Å². The fourth-order valence-corrected chi connectivity index (χ4v) is 7.29. The molecular formula is C28H21AuP. The third-order valence-electron chi connectivity index (χ3n) is 4.91. The van der Waals surface area contributed by atoms with Crippen LogP contribution < -0.4 is 15.9 Å². The summed E-state index contributed by atoms with van der Waals surface area (Å²) < 4.78 is 0. The summed E-state index contributed by atoms with van der Waals surface area (Å²) in [6.07, 6.45) is 0. The van der Waals surface area contributed by atoms with Crippen LogP contribution in [0.5, 0.6) is 0 Å². The number of hydrogen-bond acceptors (Lipinski definition) is 0. The Morgan fingerprint density at radius 2 is 0.800 bits per heavy atom. The Morgan fingerprint density at radius 3 is 1.20 bits per heavy atom. The summed E-state index contributed by atoms with van der Waals surface area (Å²) in [5, 5.41) is 3.81. The van der Waals surface area contributed by atoms with Gasteiger partial charge >= 0.3 is 173 Å². The van der Waals surface area contributed by atoms with Crippen LogP contribution in [0.2, 0.25) is 0 Å². The molecule has 0 fully saturated rings. The zero-order valence-corrected chi connectivity index (χ0v) is 19.5. The first-order valence-electron chi connectivity index (χ1n) is 9.64. The smallest absolute Gasteiger partial charge is 0 e. The Hall–Kier alpha value is -2.83. The van der Waals surface area contributed by atoms with Gasteiger partial charge in [-0.1, -0.05) is 0 Å². The van der Waals surface area contributed by atoms with E-state index in [-0.39, 0.29) is 22.4 Å². The molecule has 0 aromatic heterocycles. The largest absolute Gasteiger partial charge is 0 e. The van der Waals surface area contributed by atoms with Gasteiger partial charge in [-0.2, -0.15) is 0 Å². The van der Waals surface area contributed by atoms with Gasteiger partial charge in [0, 0.05) is 22.4 Å². The maximum absolute atomic E-state index is 3.67. The summed E-state index contributed by atoms with van der Waals surface area (Å²) in [5.41, 5.74) is 4.65. The van der Waals surface area contributed by atoms with Gasteiger partial charge in [-0.15, -0.1) is 0 Å². The van der Waals surface area contributed by atoms with Crippen LogP contribution >= 0.6 is 7.26 Å². The molecule has 4 rings (SSSR count). The molecule has 0 bridgehead atoms. The van der Waals surface area contributed by atoms with E-state index in [0.717, 1.165) is 5.56 Å². The van der Waals surface area contributed by atoms with Gasteiger partial charge in [0.25, 0.3) is 0 Å². The summed E-state index contributed by atoms with van der Waals surface area (Å²) in [4.78, 5) is 0. The van der Waals surface area contributed by atoms with Gasteiger partial charge in [0.15, 0.2) is 0 Å². The second-order valence-corrected chi connectivity index (χ2v) is 10.2. The summed E-state index contributed by atoms with van der Waals surface area (Å²) in [7, 11) is -2.53. The zero-order chi connectivity index (χ0) is 19.8. The van der Waals surface area contributed by atoms with E-state index in [4.69, 9.17) is 0 Å². The quantitative estimate of drug-likeness (QED) is 0.186. The van der Waals surface area contributed by atoms with Gasteiger partial charge in [-0.05, 0) is 0 Å². The fraction of sp³-hybridized carbons (Fsp3) is 0. The molecule has 0 unspecified atom stereocenters. The SMILES string of the molecule is C(C#C[PH](c1ccccc1)(c1ccccc1)c1ccccc1)#Cc1ccccc1.[Au]. The van der Waals surface area contributed by atoms with Crippen LogP contribution in [0.25, 0.3) is 0 Å². The van der Waals surface area contributed by atoms with Crippen LogP contribution in [0.1, 0.15) is 5.56 Å². The third kappa shape index (κ3) is 4.83. The maximum Gasteiger partial charge on any atom is 0 e. The maximum atomic E-state index is 3.67. The van der Waals surface area contributed by atoms with E-state index >= 15 is 0 Å². The van der Waals surface area contributed by atoms with Crippen molar-refractivity contribution in [1.29, 1.82) is 0 Å². The molecule has 0 aliphatic carbocycles. The minimum atomic E-state index is -2.53. The fourth-order valence-electron chi connectivity index (χ4n) is 3.53. The van der Waals surface area contributed by atoms with Crippen molar-refractivity contribution < 1.29 is 22.4 Å². The van der Waals surface area contributed by atoms with Crippen molar-refractivity contribution in [3.63, 3.8) is 0 Å². The van der Waals surface area contributed by atoms with Crippen molar-refractivity contribution in [2.75, 3.05) is 0 Å². The predicted molar refractivity (Wildman–Crippen MR) is 128 cm³/mol. The molecule has 0 aliphatic rings. The molecule has 0 saturated heterocycles. The first kappa shape index (κ1) is 21.9. The summed E-state index contributed by atoms with van der Waals surface area (Å²) in [6, 6.07) is 41.9. The van der Waals surface area contributed by atoms with E-state index in [9.17, 15) is 0 Å². The van der Waals surface area contributed by atoms with E-state index in [1.54, 1.807) is 0 Å². The van der Waals surface area contributed by atoms with Gasteiger partial charge in [0.2, 0.25) is 0 Å². The first-order chi connectivity index (χ1) is 14.4. The van der Waals surface area contributed by atoms with Crippen molar-refractivity contribution >= 4 is 23.2 Å². The molecule has 0 aliphatic heterocycles. The molecule has 0 N–H and O–H groups in total. The topological polar surface area (TPSA) is 0 Å². The molecule has 0 heterocycles. The molecular weight excluding hydrogens is 564 g/mol. The minimum Gasteiger partial charge on any atom is 0 e. The van der Waals surface area contributed by atoms with Crippen molar-refractivity contribution in [2.24, 2.45) is 0 Å². The van der Waals surface area contributed by atoms with E-state index in [2.05, 4.69) is 114 Å². The Bertz CT molecular complexity index is 1080. The molecule has 0 atom stereocenters. The van der Waals surface area contributed by atoms with Crippen LogP contribution in [0.3, 0.4) is 0 Å². The van der Waals surface area contributed by atoms with Crippen LogP contribution in [0.4, 0.5) is 0 Å². The third-order valence-corrected chi connectivity index (χ3v) is 9.01. The van der Waals surface area contributed by atoms with E-state index in [0.29, 0.717) is 0 Å². The molecule has 0 spiro atoms. The van der Waals surface area contributed by atoms with Gasteiger partial charge in [-0.3, -0.25) is 0 Å². The van der Waals surface area contributed by atoms with Crippen LogP contribution in [-0.2, 0) is 22.4 Å². The zero-order valence-electron chi connectivity index (χ0n) is 16.3. The van der Waals surface area contributed by atoms with Crippen molar-refractivity contribution in [3.05, 3.63) is 127 Å². The van der Waals surface area contributed by atoms with E-state index < -0.39 is 7.26 Å². The average Bonchev–Trinajstić information content (AvgIpc) is 2.82. The normalized spacial score (nSPS) is 10.4. The summed E-state index contributed by atoms with van der Waals surface area (Å²) in [6.45, 7) is 0. The Kier molecular flexibility index (Phi) is 7.88. The molecule has 4 aromatic rings. The van der Waals surface area contributed by atoms with E-state index in [1.807, 2.05) is 30.3 Å². The first-order valence-corrected chi connectivity index (χ1v) is 11.6. The van der Waals surface area contributed by atoms with Crippen LogP contribution in [0.15, 0.2) is 121 Å². The minimum absolute atomic E-state index is 0. The van der Waals surface area contributed by atoms with Gasteiger partial charge in [0.05, 0.1) is 0 Å². The van der Waals surface area contributed by atoms with Gasteiger partial charge in [0.1, 0.15) is 0 Å². The average molecular weight is 585 g/mol. The Morgan fingerprint density at radius 1 is 0.433 bits per heavy atom. The Balaban J connectivity index is 0.00000256. The molecule has 0 saturated carbocycles. The monoisotopic (exact) mass is 585 g/mol. The molecule has 149 valence electrons. The van der Waals surface area contributed by atoms with E-state index in [1.165, 1.54) is 15.9 Å². The molecule has 0 nitrogen and oxygen atoms in total. The molecule has 4 aromatic carbocycles. The van der Waals surface area contributed by atoms with Crippen LogP contribution in [0, 0.1) is 23.4 Å². The number of rotatable bonds is 3. The van der Waals surface area contributed by atoms with Crippen molar-refractivity contribution in [1.82, 2.24) is 0 Å². The van der Waals surface area contributed by atoms with Gasteiger partial charge < -0.3 is 0 Å². The van der Waals surface area contributed by atoms with Crippen LogP contribution in [-0.4, -0.2) is 0 Å². The summed E-state index contributed by atoms with van der Waals surface area (Å²) in [5.74, 6) is 9.48. The summed E-state index contributed by atoms with van der Waals surface area (Å²) >= 11 is 0. The Labute approximate surface area is 195 Å². The molecule has 1 radical (unpaired) electrons. The standard InChI is InChI=1S/C28H21P.Au/c1-5-15-25(16-6-1)17-13-14-24-29(26-18-7-2-8-19-26,27-20-9-3-10-21-27)28-22-11-4-12-23-28;/h1-12,15-16,18-23,29H;. The predicted octanol–water partition coefficient (Wildman–Crippen LogP) is 4.72. The number of benzene rings is 4. The van der Waals surface area contributed by atoms with Crippen molar-refractivity contribution in [3.8, 4) is 23.4 Å². The second kappa shape index (κ2) is 10.8. The molecule has 0 amide bonds. The second-order valence-electron chi connectivity index (χ2n) is 6.71. The molecule has 2 heteroatoms. The number of hydrogen-bond donors (Lipinski definition) is 0.